The van der Waals surface area contributed by atoms with E-state index in [1.165, 1.54) is 6.33 Å². The predicted octanol–water partition coefficient (Wildman–Crippen LogP) is 2.51. The summed E-state index contributed by atoms with van der Waals surface area (Å²) in [5.41, 5.74) is 1.93. The summed E-state index contributed by atoms with van der Waals surface area (Å²) in [7, 11) is 0. The van der Waals surface area contributed by atoms with Crippen LogP contribution in [0.3, 0.4) is 0 Å². The Hall–Kier alpha value is -2.47. The molecule has 0 spiro atoms. The SMILES string of the molecule is OC1CCC(Nc2cc(-c3ccccc3)nc3ncnn23)CC1. The molecule has 23 heavy (non-hydrogen) atoms. The molecule has 4 rings (SSSR count). The summed E-state index contributed by atoms with van der Waals surface area (Å²) in [4.78, 5) is 8.81. The molecule has 3 aromatic rings. The van der Waals surface area contributed by atoms with Gasteiger partial charge in [-0.15, -0.1) is 0 Å². The highest BCUT2D eigenvalue weighted by Crippen LogP contribution is 2.25. The maximum absolute atomic E-state index is 9.66. The minimum absolute atomic E-state index is 0.156. The van der Waals surface area contributed by atoms with E-state index in [0.29, 0.717) is 11.8 Å². The van der Waals surface area contributed by atoms with Gasteiger partial charge in [-0.25, -0.2) is 4.98 Å². The van der Waals surface area contributed by atoms with E-state index in [1.807, 2.05) is 36.4 Å². The zero-order valence-electron chi connectivity index (χ0n) is 12.8. The van der Waals surface area contributed by atoms with Gasteiger partial charge in [0.05, 0.1) is 11.8 Å². The third kappa shape index (κ3) is 2.90. The van der Waals surface area contributed by atoms with Crippen molar-refractivity contribution in [2.75, 3.05) is 5.32 Å². The molecule has 1 fully saturated rings. The normalized spacial score (nSPS) is 21.4. The lowest BCUT2D eigenvalue weighted by Gasteiger charge is -2.27. The van der Waals surface area contributed by atoms with Crippen LogP contribution in [0.25, 0.3) is 17.0 Å². The Morgan fingerprint density at radius 2 is 1.87 bits per heavy atom. The second-order valence-corrected chi connectivity index (χ2v) is 6.01. The van der Waals surface area contributed by atoms with Crippen LogP contribution in [0.2, 0.25) is 0 Å². The quantitative estimate of drug-likeness (QED) is 0.777. The van der Waals surface area contributed by atoms with Crippen molar-refractivity contribution >= 4 is 11.6 Å². The molecule has 6 heteroatoms. The van der Waals surface area contributed by atoms with E-state index in [1.54, 1.807) is 4.52 Å². The second-order valence-electron chi connectivity index (χ2n) is 6.01. The maximum atomic E-state index is 9.66. The summed E-state index contributed by atoms with van der Waals surface area (Å²) in [6.07, 6.45) is 4.97. The number of hydrogen-bond donors (Lipinski definition) is 2. The second kappa shape index (κ2) is 5.96. The Labute approximate surface area is 134 Å². The van der Waals surface area contributed by atoms with Crippen LogP contribution in [0.15, 0.2) is 42.7 Å². The van der Waals surface area contributed by atoms with Gasteiger partial charge >= 0.3 is 0 Å². The van der Waals surface area contributed by atoms with Gasteiger partial charge < -0.3 is 10.4 Å². The molecule has 6 nitrogen and oxygen atoms in total. The molecule has 0 unspecified atom stereocenters. The Morgan fingerprint density at radius 3 is 2.65 bits per heavy atom. The number of benzene rings is 1. The van der Waals surface area contributed by atoms with Crippen molar-refractivity contribution in [3.05, 3.63) is 42.7 Å². The van der Waals surface area contributed by atoms with Crippen molar-refractivity contribution in [2.45, 2.75) is 37.8 Å². The van der Waals surface area contributed by atoms with Gasteiger partial charge in [0, 0.05) is 17.7 Å². The first-order valence-electron chi connectivity index (χ1n) is 8.00. The van der Waals surface area contributed by atoms with E-state index in [-0.39, 0.29) is 6.10 Å². The fourth-order valence-electron chi connectivity index (χ4n) is 3.10. The molecule has 0 radical (unpaired) electrons. The molecule has 118 valence electrons. The van der Waals surface area contributed by atoms with Crippen LogP contribution in [0.1, 0.15) is 25.7 Å². The van der Waals surface area contributed by atoms with Gasteiger partial charge in [0.1, 0.15) is 12.1 Å². The molecule has 2 aromatic heterocycles. The van der Waals surface area contributed by atoms with Crippen molar-refractivity contribution in [2.24, 2.45) is 0 Å². The van der Waals surface area contributed by atoms with Crippen LogP contribution in [0.4, 0.5) is 5.82 Å². The van der Waals surface area contributed by atoms with Gasteiger partial charge in [0.2, 0.25) is 0 Å². The van der Waals surface area contributed by atoms with Gasteiger partial charge in [0.15, 0.2) is 0 Å². The summed E-state index contributed by atoms with van der Waals surface area (Å²) in [6.45, 7) is 0. The molecule has 1 aliphatic carbocycles. The van der Waals surface area contributed by atoms with Crippen LogP contribution in [-0.4, -0.2) is 36.8 Å². The zero-order chi connectivity index (χ0) is 15.6. The van der Waals surface area contributed by atoms with Crippen molar-refractivity contribution < 1.29 is 5.11 Å². The third-order valence-corrected chi connectivity index (χ3v) is 4.37. The number of fused-ring (bicyclic) bond motifs is 1. The van der Waals surface area contributed by atoms with Crippen LogP contribution in [-0.2, 0) is 0 Å². The van der Waals surface area contributed by atoms with E-state index in [4.69, 9.17) is 0 Å². The highest BCUT2D eigenvalue weighted by atomic mass is 16.3. The number of aromatic nitrogens is 4. The molecule has 1 aromatic carbocycles. The molecule has 1 aliphatic rings. The Balaban J connectivity index is 1.69. The Bertz CT molecular complexity index is 793. The predicted molar refractivity (Wildman–Crippen MR) is 88.1 cm³/mol. The summed E-state index contributed by atoms with van der Waals surface area (Å²) in [5, 5.41) is 17.5. The molecule has 2 heterocycles. The Morgan fingerprint density at radius 1 is 1.09 bits per heavy atom. The molecule has 1 saturated carbocycles. The summed E-state index contributed by atoms with van der Waals surface area (Å²) in [6, 6.07) is 12.4. The van der Waals surface area contributed by atoms with E-state index in [2.05, 4.69) is 20.4 Å². The maximum Gasteiger partial charge on any atom is 0.254 e. The highest BCUT2D eigenvalue weighted by Gasteiger charge is 2.20. The van der Waals surface area contributed by atoms with Crippen molar-refractivity contribution in [1.82, 2.24) is 19.6 Å². The van der Waals surface area contributed by atoms with Crippen LogP contribution < -0.4 is 5.32 Å². The first-order chi connectivity index (χ1) is 11.3. The topological polar surface area (TPSA) is 75.3 Å². The average molecular weight is 309 g/mol. The standard InChI is InChI=1S/C17H19N5O/c23-14-8-6-13(7-9-14)20-16-10-15(12-4-2-1-3-5-12)21-17-18-11-19-22(16)17/h1-5,10-11,13-14,20,23H,6-9H2. The van der Waals surface area contributed by atoms with Crippen LogP contribution in [0.5, 0.6) is 0 Å². The van der Waals surface area contributed by atoms with Crippen LogP contribution >= 0.6 is 0 Å². The lowest BCUT2D eigenvalue weighted by molar-refractivity contribution is 0.126. The summed E-state index contributed by atoms with van der Waals surface area (Å²) >= 11 is 0. The van der Waals surface area contributed by atoms with E-state index in [9.17, 15) is 5.11 Å². The third-order valence-electron chi connectivity index (χ3n) is 4.37. The molecule has 0 atom stereocenters. The number of nitrogens with zero attached hydrogens (tertiary/aromatic N) is 4. The van der Waals surface area contributed by atoms with E-state index in [0.717, 1.165) is 42.8 Å². The highest BCUT2D eigenvalue weighted by molar-refractivity contribution is 5.65. The Kier molecular flexibility index (Phi) is 3.67. The van der Waals surface area contributed by atoms with E-state index < -0.39 is 0 Å². The van der Waals surface area contributed by atoms with Crippen molar-refractivity contribution in [3.8, 4) is 11.3 Å². The van der Waals surface area contributed by atoms with Gasteiger partial charge in [-0.3, -0.25) is 0 Å². The number of aliphatic hydroxyl groups excluding tert-OH is 1. The first kappa shape index (κ1) is 14.1. The first-order valence-corrected chi connectivity index (χ1v) is 8.00. The minimum Gasteiger partial charge on any atom is -0.393 e. The smallest absolute Gasteiger partial charge is 0.254 e. The monoisotopic (exact) mass is 309 g/mol. The molecule has 2 N–H and O–H groups in total. The fraction of sp³-hybridized carbons (Fsp3) is 0.353. The van der Waals surface area contributed by atoms with Gasteiger partial charge in [-0.1, -0.05) is 30.3 Å². The summed E-state index contributed by atoms with van der Waals surface area (Å²) < 4.78 is 1.73. The number of hydrogen-bond acceptors (Lipinski definition) is 5. The van der Waals surface area contributed by atoms with Crippen molar-refractivity contribution in [1.29, 1.82) is 0 Å². The van der Waals surface area contributed by atoms with Gasteiger partial charge in [-0.05, 0) is 25.7 Å². The number of rotatable bonds is 3. The lowest BCUT2D eigenvalue weighted by Crippen LogP contribution is -2.29. The van der Waals surface area contributed by atoms with Crippen LogP contribution in [0, 0.1) is 0 Å². The number of anilines is 1. The van der Waals surface area contributed by atoms with E-state index >= 15 is 0 Å². The largest absolute Gasteiger partial charge is 0.393 e. The molecule has 0 aliphatic heterocycles. The van der Waals surface area contributed by atoms with Crippen molar-refractivity contribution in [3.63, 3.8) is 0 Å². The molecule has 0 saturated heterocycles. The van der Waals surface area contributed by atoms with Gasteiger partial charge in [-0.2, -0.15) is 14.6 Å². The molecular formula is C17H19N5O. The number of nitrogens with one attached hydrogen (secondary N) is 1. The number of aliphatic hydroxyl groups is 1. The summed E-state index contributed by atoms with van der Waals surface area (Å²) in [5.74, 6) is 1.48. The average Bonchev–Trinajstić information content (AvgIpc) is 3.06. The molecule has 0 bridgehead atoms. The fourth-order valence-corrected chi connectivity index (χ4v) is 3.10. The lowest BCUT2D eigenvalue weighted by atomic mass is 9.93. The molecular weight excluding hydrogens is 290 g/mol. The molecule has 0 amide bonds. The van der Waals surface area contributed by atoms with Gasteiger partial charge in [0.25, 0.3) is 5.78 Å². The minimum atomic E-state index is -0.156. The zero-order valence-corrected chi connectivity index (χ0v) is 12.8.